The Kier molecular flexibility index (Phi) is 2.98. The molecule has 2 nitrogen and oxygen atoms in total. The molecule has 4 aliphatic carbocycles. The molecule has 19 heavy (non-hydrogen) atoms. The lowest BCUT2D eigenvalue weighted by molar-refractivity contribution is -0.148. The molecule has 0 amide bonds. The van der Waals surface area contributed by atoms with Crippen molar-refractivity contribution >= 4 is 6.29 Å². The van der Waals surface area contributed by atoms with Crippen molar-refractivity contribution in [3.63, 3.8) is 0 Å². The summed E-state index contributed by atoms with van der Waals surface area (Å²) < 4.78 is 0. The lowest BCUT2D eigenvalue weighted by Crippen LogP contribution is -2.59. The molecule has 4 atom stereocenters. The van der Waals surface area contributed by atoms with Gasteiger partial charge in [-0.25, -0.2) is 0 Å². The fourth-order valence-electron chi connectivity index (χ4n) is 6.41. The smallest absolute Gasteiger partial charge is 0.126 e. The van der Waals surface area contributed by atoms with Crippen LogP contribution in [-0.2, 0) is 4.79 Å². The molecule has 5 rings (SSSR count). The molecule has 1 N–H and O–H groups in total. The number of hydrogen-bond donors (Lipinski definition) is 1. The van der Waals surface area contributed by atoms with Crippen molar-refractivity contribution in [1.29, 1.82) is 0 Å². The summed E-state index contributed by atoms with van der Waals surface area (Å²) in [5, 5.41) is 3.81. The summed E-state index contributed by atoms with van der Waals surface area (Å²) in [5.74, 6) is 3.28. The molecule has 5 aliphatic rings. The van der Waals surface area contributed by atoms with Gasteiger partial charge in [0.1, 0.15) is 6.29 Å². The Morgan fingerprint density at radius 2 is 1.79 bits per heavy atom. The number of nitrogens with one attached hydrogen (secondary N) is 1. The maximum atomic E-state index is 12.0. The first kappa shape index (κ1) is 12.4. The second kappa shape index (κ2) is 4.58. The highest BCUT2D eigenvalue weighted by Crippen LogP contribution is 2.63. The molecule has 0 aromatic rings. The number of hydrogen-bond acceptors (Lipinski definition) is 2. The fourth-order valence-corrected chi connectivity index (χ4v) is 6.41. The van der Waals surface area contributed by atoms with Gasteiger partial charge < -0.3 is 10.1 Å². The zero-order valence-electron chi connectivity index (χ0n) is 11.9. The standard InChI is InChI=1S/C17H27NO/c19-11-17-9-12-6-13(10-17)8-14(7-12)16(17)15-4-2-1-3-5-18-15/h11-16,18H,1-10H2. The van der Waals surface area contributed by atoms with Gasteiger partial charge in [0.2, 0.25) is 0 Å². The van der Waals surface area contributed by atoms with Gasteiger partial charge in [-0.15, -0.1) is 0 Å². The van der Waals surface area contributed by atoms with Crippen molar-refractivity contribution in [2.75, 3.05) is 6.54 Å². The molecule has 106 valence electrons. The van der Waals surface area contributed by atoms with Crippen LogP contribution in [0.3, 0.4) is 0 Å². The molecular formula is C17H27NO. The number of aldehydes is 1. The van der Waals surface area contributed by atoms with Crippen LogP contribution in [0.25, 0.3) is 0 Å². The summed E-state index contributed by atoms with van der Waals surface area (Å²) in [6.07, 6.45) is 13.5. The van der Waals surface area contributed by atoms with Gasteiger partial charge in [-0.05, 0) is 75.2 Å². The maximum Gasteiger partial charge on any atom is 0.126 e. The topological polar surface area (TPSA) is 29.1 Å². The van der Waals surface area contributed by atoms with E-state index in [0.717, 1.165) is 17.8 Å². The predicted octanol–water partition coefficient (Wildman–Crippen LogP) is 3.16. The average Bonchev–Trinajstić information content (AvgIpc) is 2.66. The summed E-state index contributed by atoms with van der Waals surface area (Å²) in [7, 11) is 0. The van der Waals surface area contributed by atoms with Gasteiger partial charge >= 0.3 is 0 Å². The van der Waals surface area contributed by atoms with E-state index in [9.17, 15) is 4.79 Å². The minimum absolute atomic E-state index is 0.0662. The van der Waals surface area contributed by atoms with Crippen molar-refractivity contribution < 1.29 is 4.79 Å². The summed E-state index contributed by atoms with van der Waals surface area (Å²) in [5.41, 5.74) is 0.0662. The zero-order chi connectivity index (χ0) is 12.9. The van der Waals surface area contributed by atoms with E-state index in [1.54, 1.807) is 0 Å². The van der Waals surface area contributed by atoms with Gasteiger partial charge in [-0.2, -0.15) is 0 Å². The third-order valence-corrected chi connectivity index (χ3v) is 6.71. The van der Waals surface area contributed by atoms with Gasteiger partial charge in [0.15, 0.2) is 0 Å². The summed E-state index contributed by atoms with van der Waals surface area (Å²) >= 11 is 0. The highest BCUT2D eigenvalue weighted by Gasteiger charge is 2.58. The van der Waals surface area contributed by atoms with Crippen LogP contribution in [0.2, 0.25) is 0 Å². The summed E-state index contributed by atoms with van der Waals surface area (Å²) in [6.45, 7) is 1.18. The first-order valence-corrected chi connectivity index (χ1v) is 8.50. The van der Waals surface area contributed by atoms with E-state index in [0.29, 0.717) is 12.0 Å². The molecule has 4 unspecified atom stereocenters. The van der Waals surface area contributed by atoms with Gasteiger partial charge in [0, 0.05) is 11.5 Å². The monoisotopic (exact) mass is 261 g/mol. The van der Waals surface area contributed by atoms with E-state index in [1.165, 1.54) is 70.6 Å². The van der Waals surface area contributed by atoms with Crippen molar-refractivity contribution in [2.45, 2.75) is 63.8 Å². The first-order chi connectivity index (χ1) is 9.31. The van der Waals surface area contributed by atoms with Crippen LogP contribution in [-0.4, -0.2) is 18.9 Å². The van der Waals surface area contributed by atoms with E-state index >= 15 is 0 Å². The van der Waals surface area contributed by atoms with E-state index in [1.807, 2.05) is 0 Å². The van der Waals surface area contributed by atoms with Crippen LogP contribution in [0.1, 0.15) is 57.8 Å². The lowest BCUT2D eigenvalue weighted by atomic mass is 9.44. The van der Waals surface area contributed by atoms with Crippen LogP contribution < -0.4 is 5.32 Å². The molecule has 0 spiro atoms. The Morgan fingerprint density at radius 1 is 1.00 bits per heavy atom. The van der Waals surface area contributed by atoms with E-state index in [2.05, 4.69) is 5.32 Å². The van der Waals surface area contributed by atoms with Crippen LogP contribution >= 0.6 is 0 Å². The van der Waals surface area contributed by atoms with E-state index < -0.39 is 0 Å². The van der Waals surface area contributed by atoms with Gasteiger partial charge in [-0.3, -0.25) is 0 Å². The lowest BCUT2D eigenvalue weighted by Gasteiger charge is -2.61. The Hall–Kier alpha value is -0.370. The molecular weight excluding hydrogens is 234 g/mol. The molecule has 1 aliphatic heterocycles. The van der Waals surface area contributed by atoms with Gasteiger partial charge in [0.25, 0.3) is 0 Å². The van der Waals surface area contributed by atoms with Crippen LogP contribution in [0.15, 0.2) is 0 Å². The predicted molar refractivity (Wildman–Crippen MR) is 75.8 cm³/mol. The fraction of sp³-hybridized carbons (Fsp3) is 0.941. The summed E-state index contributed by atoms with van der Waals surface area (Å²) in [6, 6.07) is 0.637. The normalized spacial score (nSPS) is 52.9. The van der Waals surface area contributed by atoms with Crippen LogP contribution in [0.4, 0.5) is 0 Å². The van der Waals surface area contributed by atoms with Gasteiger partial charge in [-0.1, -0.05) is 12.8 Å². The van der Waals surface area contributed by atoms with Gasteiger partial charge in [0.05, 0.1) is 0 Å². The number of carbonyl (C=O) groups is 1. The first-order valence-electron chi connectivity index (χ1n) is 8.50. The Morgan fingerprint density at radius 3 is 2.53 bits per heavy atom. The molecule has 5 fully saturated rings. The SMILES string of the molecule is O=CC12CC3CC(CC(C3)C1C1CCCCCN1)C2. The highest BCUT2D eigenvalue weighted by molar-refractivity contribution is 5.61. The Labute approximate surface area is 116 Å². The van der Waals surface area contributed by atoms with Crippen LogP contribution in [0, 0.1) is 29.1 Å². The second-order valence-electron chi connectivity index (χ2n) is 7.89. The van der Waals surface area contributed by atoms with Crippen molar-refractivity contribution in [2.24, 2.45) is 29.1 Å². The molecule has 0 aromatic heterocycles. The summed E-state index contributed by atoms with van der Waals surface area (Å²) in [4.78, 5) is 12.0. The van der Waals surface area contributed by atoms with Crippen LogP contribution in [0.5, 0.6) is 0 Å². The Bertz CT molecular complexity index is 344. The largest absolute Gasteiger partial charge is 0.314 e. The quantitative estimate of drug-likeness (QED) is 0.774. The molecule has 1 heterocycles. The third kappa shape index (κ3) is 1.90. The average molecular weight is 261 g/mol. The van der Waals surface area contributed by atoms with E-state index in [-0.39, 0.29) is 5.41 Å². The minimum Gasteiger partial charge on any atom is -0.314 e. The molecule has 4 bridgehead atoms. The second-order valence-corrected chi connectivity index (χ2v) is 7.89. The van der Waals surface area contributed by atoms with Crippen molar-refractivity contribution in [3.05, 3.63) is 0 Å². The van der Waals surface area contributed by atoms with Crippen molar-refractivity contribution in [3.8, 4) is 0 Å². The molecule has 4 saturated carbocycles. The number of rotatable bonds is 2. The third-order valence-electron chi connectivity index (χ3n) is 6.71. The maximum absolute atomic E-state index is 12.0. The van der Waals surface area contributed by atoms with E-state index in [4.69, 9.17) is 0 Å². The molecule has 2 heteroatoms. The molecule has 0 radical (unpaired) electrons. The molecule has 1 saturated heterocycles. The highest BCUT2D eigenvalue weighted by atomic mass is 16.1. The van der Waals surface area contributed by atoms with Crippen molar-refractivity contribution in [1.82, 2.24) is 5.32 Å². The zero-order valence-corrected chi connectivity index (χ0v) is 11.9. The number of carbonyl (C=O) groups excluding carboxylic acids is 1. The Balaban J connectivity index is 1.64. The molecule has 0 aromatic carbocycles. The minimum atomic E-state index is 0.0662.